The molecular weight excluding hydrogens is 391 g/mol. The van der Waals surface area contributed by atoms with E-state index in [1.54, 1.807) is 48.5 Å². The molecule has 0 unspecified atom stereocenters. The zero-order chi connectivity index (χ0) is 21.0. The van der Waals surface area contributed by atoms with E-state index >= 15 is 0 Å². The molecule has 0 aromatic heterocycles. The van der Waals surface area contributed by atoms with Crippen molar-refractivity contribution >= 4 is 27.3 Å². The molecule has 0 heterocycles. The standard InChI is InChI=1S/C22H21FN2O3S/c1-16-3-13-21(14-4-16)29(27,28)25(2)20-11-5-17(6-12-20)15-22(26)24-19-9-7-18(23)8-10-19/h3-14H,15H2,1-2H3,(H,24,26). The van der Waals surface area contributed by atoms with Crippen LogP contribution in [0.4, 0.5) is 15.8 Å². The van der Waals surface area contributed by atoms with Crippen LogP contribution < -0.4 is 9.62 Å². The third-order valence-corrected chi connectivity index (χ3v) is 6.27. The van der Waals surface area contributed by atoms with Crippen LogP contribution in [0.5, 0.6) is 0 Å². The second-order valence-corrected chi connectivity index (χ2v) is 8.65. The minimum atomic E-state index is -3.67. The van der Waals surface area contributed by atoms with Crippen molar-refractivity contribution in [3.05, 3.63) is 89.7 Å². The van der Waals surface area contributed by atoms with Gasteiger partial charge in [-0.1, -0.05) is 29.8 Å². The number of benzene rings is 3. The molecule has 0 spiro atoms. The number of hydrogen-bond donors (Lipinski definition) is 1. The molecule has 7 heteroatoms. The Balaban J connectivity index is 1.68. The first-order valence-electron chi connectivity index (χ1n) is 8.96. The van der Waals surface area contributed by atoms with E-state index in [4.69, 9.17) is 0 Å². The molecule has 0 atom stereocenters. The molecule has 5 nitrogen and oxygen atoms in total. The van der Waals surface area contributed by atoms with Crippen LogP contribution in [0.3, 0.4) is 0 Å². The van der Waals surface area contributed by atoms with E-state index in [0.717, 1.165) is 11.1 Å². The molecule has 0 radical (unpaired) electrons. The first-order chi connectivity index (χ1) is 13.8. The summed E-state index contributed by atoms with van der Waals surface area (Å²) in [6, 6.07) is 18.9. The molecule has 0 bridgehead atoms. The van der Waals surface area contributed by atoms with Crippen LogP contribution in [0.2, 0.25) is 0 Å². The molecule has 0 aliphatic rings. The quantitative estimate of drug-likeness (QED) is 0.662. The lowest BCUT2D eigenvalue weighted by Crippen LogP contribution is -2.26. The Labute approximate surface area is 169 Å². The van der Waals surface area contributed by atoms with Gasteiger partial charge in [0.25, 0.3) is 10.0 Å². The van der Waals surface area contributed by atoms with Crippen molar-refractivity contribution < 1.29 is 17.6 Å². The normalized spacial score (nSPS) is 11.1. The van der Waals surface area contributed by atoms with Crippen LogP contribution in [-0.4, -0.2) is 21.4 Å². The summed E-state index contributed by atoms with van der Waals surface area (Å²) in [5.74, 6) is -0.617. The van der Waals surface area contributed by atoms with Gasteiger partial charge in [-0.25, -0.2) is 12.8 Å². The zero-order valence-corrected chi connectivity index (χ0v) is 16.9. The minimum absolute atomic E-state index is 0.117. The van der Waals surface area contributed by atoms with Crippen LogP contribution in [0.25, 0.3) is 0 Å². The fourth-order valence-corrected chi connectivity index (χ4v) is 3.95. The Morgan fingerprint density at radius 1 is 0.931 bits per heavy atom. The topological polar surface area (TPSA) is 66.5 Å². The second kappa shape index (κ2) is 8.45. The van der Waals surface area contributed by atoms with Crippen molar-refractivity contribution in [1.29, 1.82) is 0 Å². The third kappa shape index (κ3) is 5.00. The second-order valence-electron chi connectivity index (χ2n) is 6.68. The molecule has 0 fully saturated rings. The number of hydrogen-bond acceptors (Lipinski definition) is 3. The Kier molecular flexibility index (Phi) is 5.98. The molecule has 3 aromatic rings. The van der Waals surface area contributed by atoms with Crippen molar-refractivity contribution in [2.45, 2.75) is 18.2 Å². The number of halogens is 1. The molecule has 3 aromatic carbocycles. The summed E-state index contributed by atoms with van der Waals surface area (Å²) in [6.45, 7) is 1.89. The number of anilines is 2. The highest BCUT2D eigenvalue weighted by molar-refractivity contribution is 7.92. The number of rotatable bonds is 6. The molecule has 0 aliphatic carbocycles. The van der Waals surface area contributed by atoms with Crippen LogP contribution in [0, 0.1) is 12.7 Å². The van der Waals surface area contributed by atoms with E-state index in [0.29, 0.717) is 11.4 Å². The molecular formula is C22H21FN2O3S. The van der Waals surface area contributed by atoms with E-state index in [2.05, 4.69) is 5.32 Å². The number of amides is 1. The summed E-state index contributed by atoms with van der Waals surface area (Å²) < 4.78 is 39.7. The fraction of sp³-hybridized carbons (Fsp3) is 0.136. The molecule has 1 N–H and O–H groups in total. The largest absolute Gasteiger partial charge is 0.326 e. The third-order valence-electron chi connectivity index (χ3n) is 4.47. The van der Waals surface area contributed by atoms with Gasteiger partial charge >= 0.3 is 0 Å². The summed E-state index contributed by atoms with van der Waals surface area (Å²) in [6.07, 6.45) is 0.117. The number of aryl methyl sites for hydroxylation is 1. The molecule has 0 aliphatic heterocycles. The van der Waals surface area contributed by atoms with Gasteiger partial charge in [-0.15, -0.1) is 0 Å². The Morgan fingerprint density at radius 2 is 1.52 bits per heavy atom. The fourth-order valence-electron chi connectivity index (χ4n) is 2.75. The Morgan fingerprint density at radius 3 is 2.10 bits per heavy atom. The predicted molar refractivity (Wildman–Crippen MR) is 112 cm³/mol. The lowest BCUT2D eigenvalue weighted by Gasteiger charge is -2.20. The lowest BCUT2D eigenvalue weighted by molar-refractivity contribution is -0.115. The number of carbonyl (C=O) groups is 1. The van der Waals surface area contributed by atoms with Crippen molar-refractivity contribution in [2.75, 3.05) is 16.7 Å². The number of nitrogens with zero attached hydrogens (tertiary/aromatic N) is 1. The molecule has 0 saturated carbocycles. The minimum Gasteiger partial charge on any atom is -0.326 e. The summed E-state index contributed by atoms with van der Waals surface area (Å²) in [7, 11) is -2.17. The van der Waals surface area contributed by atoms with Crippen molar-refractivity contribution in [3.63, 3.8) is 0 Å². The van der Waals surface area contributed by atoms with Gasteiger partial charge < -0.3 is 5.32 Å². The van der Waals surface area contributed by atoms with E-state index in [1.165, 1.54) is 35.6 Å². The predicted octanol–water partition coefficient (Wildman–Crippen LogP) is 4.14. The van der Waals surface area contributed by atoms with Gasteiger partial charge in [-0.05, 0) is 61.0 Å². The summed E-state index contributed by atoms with van der Waals surface area (Å²) >= 11 is 0. The average Bonchev–Trinajstić information content (AvgIpc) is 2.70. The number of nitrogens with one attached hydrogen (secondary N) is 1. The van der Waals surface area contributed by atoms with Crippen molar-refractivity contribution in [1.82, 2.24) is 0 Å². The maximum Gasteiger partial charge on any atom is 0.264 e. The Hall–Kier alpha value is -3.19. The van der Waals surface area contributed by atoms with E-state index in [-0.39, 0.29) is 23.0 Å². The SMILES string of the molecule is Cc1ccc(S(=O)(=O)N(C)c2ccc(CC(=O)Nc3ccc(F)cc3)cc2)cc1. The van der Waals surface area contributed by atoms with Crippen LogP contribution >= 0.6 is 0 Å². The van der Waals surface area contributed by atoms with Crippen molar-refractivity contribution in [2.24, 2.45) is 0 Å². The van der Waals surface area contributed by atoms with Gasteiger partial charge in [0, 0.05) is 12.7 Å². The summed E-state index contributed by atoms with van der Waals surface area (Å²) in [4.78, 5) is 12.4. The number of carbonyl (C=O) groups excluding carboxylic acids is 1. The zero-order valence-electron chi connectivity index (χ0n) is 16.1. The smallest absolute Gasteiger partial charge is 0.264 e. The molecule has 150 valence electrons. The van der Waals surface area contributed by atoms with Gasteiger partial charge in [0.15, 0.2) is 0 Å². The lowest BCUT2D eigenvalue weighted by atomic mass is 10.1. The van der Waals surface area contributed by atoms with Gasteiger partial charge in [0.05, 0.1) is 17.0 Å². The Bertz CT molecular complexity index is 1090. The van der Waals surface area contributed by atoms with Gasteiger partial charge in [0.2, 0.25) is 5.91 Å². The molecule has 0 saturated heterocycles. The average molecular weight is 412 g/mol. The van der Waals surface area contributed by atoms with Crippen LogP contribution in [0.15, 0.2) is 77.7 Å². The van der Waals surface area contributed by atoms with Crippen LogP contribution in [-0.2, 0) is 21.2 Å². The number of sulfonamides is 1. The summed E-state index contributed by atoms with van der Waals surface area (Å²) in [5.41, 5.74) is 2.72. The van der Waals surface area contributed by atoms with Gasteiger partial charge in [-0.2, -0.15) is 0 Å². The first kappa shape index (κ1) is 20.5. The van der Waals surface area contributed by atoms with E-state index in [9.17, 15) is 17.6 Å². The molecule has 1 amide bonds. The maximum atomic E-state index is 12.9. The molecule has 29 heavy (non-hydrogen) atoms. The van der Waals surface area contributed by atoms with E-state index < -0.39 is 10.0 Å². The van der Waals surface area contributed by atoms with E-state index in [1.807, 2.05) is 6.92 Å². The highest BCUT2D eigenvalue weighted by Gasteiger charge is 2.21. The van der Waals surface area contributed by atoms with Crippen molar-refractivity contribution in [3.8, 4) is 0 Å². The van der Waals surface area contributed by atoms with Crippen LogP contribution in [0.1, 0.15) is 11.1 Å². The van der Waals surface area contributed by atoms with Gasteiger partial charge in [-0.3, -0.25) is 9.10 Å². The summed E-state index contributed by atoms with van der Waals surface area (Å²) in [5, 5.41) is 2.69. The first-order valence-corrected chi connectivity index (χ1v) is 10.4. The monoisotopic (exact) mass is 412 g/mol. The highest BCUT2D eigenvalue weighted by atomic mass is 32.2. The molecule has 3 rings (SSSR count). The maximum absolute atomic E-state index is 12.9. The highest BCUT2D eigenvalue weighted by Crippen LogP contribution is 2.23. The van der Waals surface area contributed by atoms with Gasteiger partial charge in [0.1, 0.15) is 5.82 Å².